The van der Waals surface area contributed by atoms with E-state index in [4.69, 9.17) is 9.47 Å². The molecule has 2 heterocycles. The van der Waals surface area contributed by atoms with E-state index in [1.807, 2.05) is 30.3 Å². The molecule has 0 amide bonds. The summed E-state index contributed by atoms with van der Waals surface area (Å²) in [5, 5.41) is 0. The molecule has 0 atom stereocenters. The zero-order chi connectivity index (χ0) is 30.2. The minimum absolute atomic E-state index is 0.596. The van der Waals surface area contributed by atoms with Gasteiger partial charge in [0.25, 0.3) is 0 Å². The van der Waals surface area contributed by atoms with Gasteiger partial charge in [-0.05, 0) is 81.3 Å². The molecule has 0 fully saturated rings. The van der Waals surface area contributed by atoms with Crippen molar-refractivity contribution in [3.8, 4) is 61.8 Å². The molecule has 8 rings (SSSR count). The normalized spacial score (nSPS) is 15.1. The van der Waals surface area contributed by atoms with E-state index in [1.54, 1.807) is 0 Å². The van der Waals surface area contributed by atoms with Crippen molar-refractivity contribution in [1.29, 1.82) is 0 Å². The van der Waals surface area contributed by atoms with Crippen LogP contribution in [0.4, 0.5) is 0 Å². The van der Waals surface area contributed by atoms with Gasteiger partial charge in [-0.1, -0.05) is 134 Å². The van der Waals surface area contributed by atoms with Gasteiger partial charge < -0.3 is 9.47 Å². The predicted molar refractivity (Wildman–Crippen MR) is 185 cm³/mol. The lowest BCUT2D eigenvalue weighted by Gasteiger charge is -2.13. The highest BCUT2D eigenvalue weighted by molar-refractivity contribution is 5.92. The van der Waals surface area contributed by atoms with Crippen molar-refractivity contribution in [2.24, 2.45) is 0 Å². The molecule has 0 saturated heterocycles. The van der Waals surface area contributed by atoms with Gasteiger partial charge in [0.05, 0.1) is 0 Å². The predicted octanol–water partition coefficient (Wildman–Crippen LogP) is 11.5. The van der Waals surface area contributed by atoms with Crippen molar-refractivity contribution >= 4 is 5.57 Å². The van der Waals surface area contributed by atoms with Crippen LogP contribution >= 0.6 is 0 Å². The molecule has 0 radical (unpaired) electrons. The second kappa shape index (κ2) is 11.3. The average molecular weight is 579 g/mol. The summed E-state index contributed by atoms with van der Waals surface area (Å²) in [6.07, 6.45) is 7.14. The Morgan fingerprint density at radius 3 is 1.71 bits per heavy atom. The van der Waals surface area contributed by atoms with Gasteiger partial charge in [-0.3, -0.25) is 0 Å². The average Bonchev–Trinajstić information content (AvgIpc) is 3.24. The van der Waals surface area contributed by atoms with E-state index in [0.717, 1.165) is 62.6 Å². The summed E-state index contributed by atoms with van der Waals surface area (Å²) in [6.45, 7) is 4.18. The highest BCUT2D eigenvalue weighted by atomic mass is 16.5. The summed E-state index contributed by atoms with van der Waals surface area (Å²) in [4.78, 5) is 0. The van der Waals surface area contributed by atoms with Gasteiger partial charge in [-0.15, -0.1) is 0 Å². The van der Waals surface area contributed by atoms with Crippen LogP contribution in [0.1, 0.15) is 11.1 Å². The number of para-hydroxylation sites is 2. The Labute approximate surface area is 263 Å². The van der Waals surface area contributed by atoms with Gasteiger partial charge >= 0.3 is 0 Å². The first kappa shape index (κ1) is 26.7. The van der Waals surface area contributed by atoms with Crippen LogP contribution in [-0.4, -0.2) is 0 Å². The fourth-order valence-electron chi connectivity index (χ4n) is 6.31. The van der Waals surface area contributed by atoms with Crippen LogP contribution in [0, 0.1) is 0 Å². The molecule has 6 aromatic carbocycles. The summed E-state index contributed by atoms with van der Waals surface area (Å²) in [6, 6.07) is 48.8. The van der Waals surface area contributed by atoms with Crippen molar-refractivity contribution in [3.63, 3.8) is 0 Å². The molecule has 0 aliphatic carbocycles. The molecule has 2 heteroatoms. The summed E-state index contributed by atoms with van der Waals surface area (Å²) < 4.78 is 12.7. The van der Waals surface area contributed by atoms with Gasteiger partial charge in [-0.2, -0.15) is 0 Å². The molecule has 0 bridgehead atoms. The molecule has 214 valence electrons. The summed E-state index contributed by atoms with van der Waals surface area (Å²) in [5.41, 5.74) is 12.6. The van der Waals surface area contributed by atoms with Gasteiger partial charge in [-0.25, -0.2) is 0 Å². The Hall–Kier alpha value is -5.86. The minimum Gasteiger partial charge on any atom is -0.457 e. The molecular weight excluding hydrogens is 548 g/mol. The Morgan fingerprint density at radius 1 is 0.422 bits per heavy atom. The highest BCUT2D eigenvalue weighted by Gasteiger charge is 2.20. The second-order valence-corrected chi connectivity index (χ2v) is 11.4. The lowest BCUT2D eigenvalue weighted by atomic mass is 9.92. The molecule has 2 aliphatic heterocycles. The topological polar surface area (TPSA) is 18.5 Å². The van der Waals surface area contributed by atoms with Crippen LogP contribution in [0.25, 0.3) is 50.1 Å². The largest absolute Gasteiger partial charge is 0.457 e. The Morgan fingerprint density at radius 2 is 0.956 bits per heavy atom. The van der Waals surface area contributed by atoms with Crippen molar-refractivity contribution in [2.45, 2.75) is 6.42 Å². The van der Waals surface area contributed by atoms with Crippen molar-refractivity contribution in [1.82, 2.24) is 0 Å². The van der Waals surface area contributed by atoms with Crippen molar-refractivity contribution < 1.29 is 9.47 Å². The standard InChI is InChI=1S/C43H30O2/c1-29-18-19-30(24-25-33-10-2-3-11-35(33)38-14-6-8-16-41(38)44-29)31-20-22-32(23-21-31)34-26-27-43-40(28-34)37-13-5-4-12-36(37)39-15-7-9-17-42(39)45-43/h2-24,26-28H,1,25H2/b19-18-,30-24+. The van der Waals surface area contributed by atoms with E-state index in [0.29, 0.717) is 5.76 Å². The number of benzene rings is 6. The van der Waals surface area contributed by atoms with Crippen LogP contribution in [-0.2, 0) is 6.42 Å². The van der Waals surface area contributed by atoms with Crippen LogP contribution in [0.5, 0.6) is 17.2 Å². The van der Waals surface area contributed by atoms with Crippen molar-refractivity contribution in [3.05, 3.63) is 181 Å². The number of hydrogen-bond acceptors (Lipinski definition) is 2. The van der Waals surface area contributed by atoms with Crippen LogP contribution < -0.4 is 9.47 Å². The monoisotopic (exact) mass is 578 g/mol. The van der Waals surface area contributed by atoms with Crippen molar-refractivity contribution in [2.75, 3.05) is 0 Å². The molecule has 0 spiro atoms. The maximum absolute atomic E-state index is 6.45. The fourth-order valence-corrected chi connectivity index (χ4v) is 6.31. The molecule has 6 aromatic rings. The molecule has 2 nitrogen and oxygen atoms in total. The van der Waals surface area contributed by atoms with Gasteiger partial charge in [0.1, 0.15) is 23.0 Å². The SMILES string of the molecule is C=C1/C=C\C(c2ccc(-c3ccc4c(c3)-c3ccccc3-c3ccccc3O4)cc2)=C/Cc2ccccc2-c2ccccc2O1. The molecule has 0 saturated carbocycles. The number of hydrogen-bond donors (Lipinski definition) is 0. The number of allylic oxidation sites excluding steroid dienone is 4. The van der Waals surface area contributed by atoms with Gasteiger partial charge in [0, 0.05) is 16.7 Å². The van der Waals surface area contributed by atoms with Crippen LogP contribution in [0.2, 0.25) is 0 Å². The zero-order valence-corrected chi connectivity index (χ0v) is 24.7. The molecule has 0 unspecified atom stereocenters. The van der Waals surface area contributed by atoms with E-state index in [-0.39, 0.29) is 0 Å². The summed E-state index contributed by atoms with van der Waals surface area (Å²) >= 11 is 0. The zero-order valence-electron chi connectivity index (χ0n) is 24.7. The van der Waals surface area contributed by atoms with E-state index in [2.05, 4.69) is 134 Å². The second-order valence-electron chi connectivity index (χ2n) is 11.4. The van der Waals surface area contributed by atoms with Crippen LogP contribution in [0.3, 0.4) is 0 Å². The fraction of sp³-hybridized carbons (Fsp3) is 0.0233. The number of rotatable bonds is 2. The summed E-state index contributed by atoms with van der Waals surface area (Å²) in [5.74, 6) is 3.15. The van der Waals surface area contributed by atoms with E-state index >= 15 is 0 Å². The maximum Gasteiger partial charge on any atom is 0.135 e. The first-order valence-electron chi connectivity index (χ1n) is 15.3. The Balaban J connectivity index is 1.15. The Bertz CT molecular complexity index is 2150. The minimum atomic E-state index is 0.596. The first-order valence-corrected chi connectivity index (χ1v) is 15.3. The third-order valence-electron chi connectivity index (χ3n) is 8.57. The number of fused-ring (bicyclic) bond motifs is 8. The summed E-state index contributed by atoms with van der Waals surface area (Å²) in [7, 11) is 0. The first-order chi connectivity index (χ1) is 22.2. The molecular formula is C43H30O2. The van der Waals surface area contributed by atoms with E-state index in [1.165, 1.54) is 22.3 Å². The quantitative estimate of drug-likeness (QED) is 0.203. The number of ether oxygens (including phenoxy) is 2. The van der Waals surface area contributed by atoms with Gasteiger partial charge in [0.2, 0.25) is 0 Å². The third kappa shape index (κ3) is 5.07. The molecule has 0 aromatic heterocycles. The molecule has 0 N–H and O–H groups in total. The smallest absolute Gasteiger partial charge is 0.135 e. The van der Waals surface area contributed by atoms with Gasteiger partial charge in [0.15, 0.2) is 0 Å². The van der Waals surface area contributed by atoms with Crippen LogP contribution in [0.15, 0.2) is 170 Å². The third-order valence-corrected chi connectivity index (χ3v) is 8.57. The lowest BCUT2D eigenvalue weighted by Crippen LogP contribution is -1.94. The van der Waals surface area contributed by atoms with E-state index in [9.17, 15) is 0 Å². The van der Waals surface area contributed by atoms with E-state index < -0.39 is 0 Å². The maximum atomic E-state index is 6.45. The molecule has 2 aliphatic rings. The lowest BCUT2D eigenvalue weighted by molar-refractivity contribution is 0.448. The highest BCUT2D eigenvalue weighted by Crippen LogP contribution is 2.47. The Kier molecular flexibility index (Phi) is 6.73. The molecule has 45 heavy (non-hydrogen) atoms.